The van der Waals surface area contributed by atoms with Crippen LogP contribution in [0.5, 0.6) is 5.75 Å². The molecule has 1 unspecified atom stereocenters. The SMILES string of the molecule is Cn1c(COC(c2ccc(C#N)cc2)c2cncs2)c(-c2ccc(OC(F)(F)F)cc2)cc(C#N)c1=O. The second kappa shape index (κ2) is 10.7. The molecule has 0 radical (unpaired) electrons. The molecular weight excluding hydrogens is 505 g/mol. The van der Waals surface area contributed by atoms with Gasteiger partial charge >= 0.3 is 6.36 Å². The van der Waals surface area contributed by atoms with Crippen molar-refractivity contribution in [3.8, 4) is 29.0 Å². The van der Waals surface area contributed by atoms with Crippen molar-refractivity contribution in [2.24, 2.45) is 7.05 Å². The fourth-order valence-corrected chi connectivity index (χ4v) is 4.40. The molecule has 0 aliphatic rings. The van der Waals surface area contributed by atoms with Crippen LogP contribution in [0.25, 0.3) is 11.1 Å². The van der Waals surface area contributed by atoms with E-state index in [4.69, 9.17) is 10.00 Å². The van der Waals surface area contributed by atoms with Gasteiger partial charge in [0.15, 0.2) is 0 Å². The van der Waals surface area contributed by atoms with Crippen molar-refractivity contribution in [2.45, 2.75) is 19.1 Å². The van der Waals surface area contributed by atoms with E-state index in [2.05, 4.69) is 15.8 Å². The Morgan fingerprint density at radius 3 is 2.35 bits per heavy atom. The number of aromatic nitrogens is 2. The molecule has 0 bridgehead atoms. The molecule has 2 aromatic carbocycles. The summed E-state index contributed by atoms with van der Waals surface area (Å²) in [5.41, 5.74) is 3.57. The monoisotopic (exact) mass is 522 g/mol. The highest BCUT2D eigenvalue weighted by molar-refractivity contribution is 7.09. The molecule has 1 atom stereocenters. The molecule has 0 aliphatic heterocycles. The second-order valence-corrected chi connectivity index (χ2v) is 8.71. The molecule has 0 amide bonds. The van der Waals surface area contributed by atoms with E-state index in [0.717, 1.165) is 22.6 Å². The standard InChI is InChI=1S/C26H17F3N4O3S/c1-33-22(14-35-24(23-13-32-15-37-23)18-4-2-16(11-30)3-5-18)21(10-19(12-31)25(33)34)17-6-8-20(9-7-17)36-26(27,28)29/h2-10,13,15,24H,14H2,1H3. The van der Waals surface area contributed by atoms with Crippen LogP contribution in [-0.2, 0) is 18.4 Å². The number of ether oxygens (including phenoxy) is 2. The predicted molar refractivity (Wildman–Crippen MR) is 128 cm³/mol. The van der Waals surface area contributed by atoms with Crippen LogP contribution in [0.4, 0.5) is 13.2 Å². The minimum absolute atomic E-state index is 0.0733. The summed E-state index contributed by atoms with van der Waals surface area (Å²) in [6, 6.07) is 17.3. The van der Waals surface area contributed by atoms with Crippen molar-refractivity contribution in [2.75, 3.05) is 0 Å². The summed E-state index contributed by atoms with van der Waals surface area (Å²) in [5.74, 6) is -0.398. The van der Waals surface area contributed by atoms with Gasteiger partial charge in [0.1, 0.15) is 23.5 Å². The summed E-state index contributed by atoms with van der Waals surface area (Å²) in [5, 5.41) is 18.5. The number of halogens is 3. The fraction of sp³-hybridized carbons (Fsp3) is 0.154. The number of alkyl halides is 3. The average Bonchev–Trinajstić information content (AvgIpc) is 3.41. The maximum absolute atomic E-state index is 12.7. The molecule has 4 rings (SSSR count). The number of hydrogen-bond acceptors (Lipinski definition) is 7. The van der Waals surface area contributed by atoms with Gasteiger partial charge in [0, 0.05) is 18.8 Å². The number of nitriles is 2. The van der Waals surface area contributed by atoms with Crippen LogP contribution < -0.4 is 10.3 Å². The zero-order valence-corrected chi connectivity index (χ0v) is 20.0. The Balaban J connectivity index is 1.72. The molecule has 4 aromatic rings. The molecule has 11 heteroatoms. The van der Waals surface area contributed by atoms with Crippen LogP contribution in [0.1, 0.15) is 33.4 Å². The van der Waals surface area contributed by atoms with E-state index >= 15 is 0 Å². The van der Waals surface area contributed by atoms with Gasteiger partial charge in [-0.1, -0.05) is 24.3 Å². The van der Waals surface area contributed by atoms with E-state index in [0.29, 0.717) is 22.4 Å². The highest BCUT2D eigenvalue weighted by Gasteiger charge is 2.31. The Morgan fingerprint density at radius 2 is 1.78 bits per heavy atom. The molecule has 7 nitrogen and oxygen atoms in total. The maximum atomic E-state index is 12.7. The Hall–Kier alpha value is -4.45. The van der Waals surface area contributed by atoms with E-state index in [9.17, 15) is 23.2 Å². The van der Waals surface area contributed by atoms with Crippen LogP contribution >= 0.6 is 11.3 Å². The molecule has 2 aromatic heterocycles. The number of benzene rings is 2. The Bertz CT molecular complexity index is 1530. The first-order valence-corrected chi connectivity index (χ1v) is 11.6. The zero-order chi connectivity index (χ0) is 26.6. The fourth-order valence-electron chi connectivity index (χ4n) is 3.71. The van der Waals surface area contributed by atoms with E-state index < -0.39 is 23.8 Å². The van der Waals surface area contributed by atoms with Gasteiger partial charge in [0.2, 0.25) is 0 Å². The lowest BCUT2D eigenvalue weighted by Gasteiger charge is -2.20. The third kappa shape index (κ3) is 5.86. The highest BCUT2D eigenvalue weighted by Crippen LogP contribution is 2.33. The summed E-state index contributed by atoms with van der Waals surface area (Å²) in [4.78, 5) is 17.6. The quantitative estimate of drug-likeness (QED) is 0.320. The molecule has 0 aliphatic carbocycles. The highest BCUT2D eigenvalue weighted by atomic mass is 32.1. The lowest BCUT2D eigenvalue weighted by Crippen LogP contribution is -2.24. The van der Waals surface area contributed by atoms with Crippen LogP contribution in [-0.4, -0.2) is 15.9 Å². The normalized spacial score (nSPS) is 11.9. The van der Waals surface area contributed by atoms with Crippen molar-refractivity contribution in [3.63, 3.8) is 0 Å². The number of pyridine rings is 1. The third-order valence-electron chi connectivity index (χ3n) is 5.50. The lowest BCUT2D eigenvalue weighted by molar-refractivity contribution is -0.274. The molecule has 0 spiro atoms. The van der Waals surface area contributed by atoms with E-state index in [1.807, 2.05) is 6.07 Å². The van der Waals surface area contributed by atoms with Gasteiger partial charge in [0.25, 0.3) is 5.56 Å². The molecule has 186 valence electrons. The second-order valence-electron chi connectivity index (χ2n) is 7.80. The molecule has 0 saturated heterocycles. The van der Waals surface area contributed by atoms with E-state index in [1.165, 1.54) is 41.2 Å². The van der Waals surface area contributed by atoms with Crippen LogP contribution in [0.3, 0.4) is 0 Å². The lowest BCUT2D eigenvalue weighted by atomic mass is 10.0. The topological polar surface area (TPSA) is 101 Å². The third-order valence-corrected chi connectivity index (χ3v) is 6.32. The van der Waals surface area contributed by atoms with Crippen molar-refractivity contribution < 1.29 is 22.6 Å². The Morgan fingerprint density at radius 1 is 1.08 bits per heavy atom. The van der Waals surface area contributed by atoms with Crippen LogP contribution in [0, 0.1) is 22.7 Å². The van der Waals surface area contributed by atoms with Gasteiger partial charge in [-0.25, -0.2) is 0 Å². The van der Waals surface area contributed by atoms with Crippen LogP contribution in [0.15, 0.2) is 71.1 Å². The largest absolute Gasteiger partial charge is 0.573 e. The molecule has 0 fully saturated rings. The number of thiazole rings is 1. The van der Waals surface area contributed by atoms with Crippen LogP contribution in [0.2, 0.25) is 0 Å². The molecule has 0 saturated carbocycles. The Labute approximate surface area is 213 Å². The molecular formula is C26H17F3N4O3S. The van der Waals surface area contributed by atoms with Gasteiger partial charge < -0.3 is 14.0 Å². The molecule has 0 N–H and O–H groups in total. The number of nitrogens with zero attached hydrogens (tertiary/aromatic N) is 4. The number of rotatable bonds is 7. The summed E-state index contributed by atoms with van der Waals surface area (Å²) >= 11 is 1.37. The zero-order valence-electron chi connectivity index (χ0n) is 19.2. The summed E-state index contributed by atoms with van der Waals surface area (Å²) in [6.07, 6.45) is -3.74. The first-order valence-electron chi connectivity index (χ1n) is 10.7. The summed E-state index contributed by atoms with van der Waals surface area (Å²) < 4.78 is 49.2. The minimum Gasteiger partial charge on any atom is -0.406 e. The van der Waals surface area contributed by atoms with Gasteiger partial charge in [-0.3, -0.25) is 9.78 Å². The van der Waals surface area contributed by atoms with Crippen molar-refractivity contribution >= 4 is 11.3 Å². The van der Waals surface area contributed by atoms with Crippen molar-refractivity contribution in [1.82, 2.24) is 9.55 Å². The van der Waals surface area contributed by atoms with Gasteiger partial charge in [0.05, 0.1) is 34.3 Å². The van der Waals surface area contributed by atoms with Gasteiger partial charge in [-0.05, 0) is 41.5 Å². The summed E-state index contributed by atoms with van der Waals surface area (Å²) in [6.45, 7) is -0.0733. The van der Waals surface area contributed by atoms with E-state index in [-0.39, 0.29) is 12.2 Å². The number of hydrogen-bond donors (Lipinski definition) is 0. The minimum atomic E-state index is -4.83. The molecule has 2 heterocycles. The van der Waals surface area contributed by atoms with Crippen molar-refractivity contribution in [3.05, 3.63) is 104 Å². The molecule has 37 heavy (non-hydrogen) atoms. The van der Waals surface area contributed by atoms with Gasteiger partial charge in [-0.15, -0.1) is 24.5 Å². The first-order chi connectivity index (χ1) is 17.7. The van der Waals surface area contributed by atoms with Gasteiger partial charge in [-0.2, -0.15) is 10.5 Å². The smallest absolute Gasteiger partial charge is 0.406 e. The average molecular weight is 523 g/mol. The first kappa shape index (κ1) is 25.6. The Kier molecular flexibility index (Phi) is 7.39. The summed E-state index contributed by atoms with van der Waals surface area (Å²) in [7, 11) is 1.50. The van der Waals surface area contributed by atoms with Crippen molar-refractivity contribution in [1.29, 1.82) is 10.5 Å². The predicted octanol–water partition coefficient (Wildman–Crippen LogP) is 5.46. The maximum Gasteiger partial charge on any atom is 0.573 e. The van der Waals surface area contributed by atoms with E-state index in [1.54, 1.807) is 36.0 Å².